The van der Waals surface area contributed by atoms with E-state index < -0.39 is 0 Å². The predicted octanol–water partition coefficient (Wildman–Crippen LogP) is 4.40. The molecule has 0 saturated carbocycles. The highest BCUT2D eigenvalue weighted by atomic mass is 35.5. The number of carbonyl (C=O) groups is 1. The van der Waals surface area contributed by atoms with Crippen molar-refractivity contribution in [2.24, 2.45) is 0 Å². The zero-order valence-corrected chi connectivity index (χ0v) is 18.0. The van der Waals surface area contributed by atoms with Gasteiger partial charge in [0.1, 0.15) is 0 Å². The molecule has 1 aliphatic rings. The van der Waals surface area contributed by atoms with Crippen LogP contribution in [-0.4, -0.2) is 27.4 Å². The summed E-state index contributed by atoms with van der Waals surface area (Å²) in [5.41, 5.74) is 5.52. The second-order valence-corrected chi connectivity index (χ2v) is 8.79. The summed E-state index contributed by atoms with van der Waals surface area (Å²) in [4.78, 5) is 12.8. The van der Waals surface area contributed by atoms with E-state index in [1.807, 2.05) is 31.2 Å². The summed E-state index contributed by atoms with van der Waals surface area (Å²) in [6, 6.07) is 11.9. The van der Waals surface area contributed by atoms with Gasteiger partial charge in [0.05, 0.1) is 12.2 Å². The Balaban J connectivity index is 1.36. The van der Waals surface area contributed by atoms with E-state index in [9.17, 15) is 4.79 Å². The lowest BCUT2D eigenvalue weighted by Gasteiger charge is -2.18. The molecule has 0 radical (unpaired) electrons. The molecule has 30 heavy (non-hydrogen) atoms. The van der Waals surface area contributed by atoms with Crippen LogP contribution in [0, 0.1) is 6.92 Å². The smallest absolute Gasteiger partial charge is 0.278 e. The Morgan fingerprint density at radius 2 is 2.17 bits per heavy atom. The topological polar surface area (TPSA) is 71.8 Å². The van der Waals surface area contributed by atoms with Gasteiger partial charge in [-0.15, -0.1) is 16.4 Å². The molecule has 0 aliphatic carbocycles. The molecule has 0 unspecified atom stereocenters. The zero-order chi connectivity index (χ0) is 20.7. The Morgan fingerprint density at radius 3 is 3.07 bits per heavy atom. The average Bonchev–Trinajstić information content (AvgIpc) is 3.31. The van der Waals surface area contributed by atoms with Gasteiger partial charge in [0.25, 0.3) is 5.91 Å². The van der Waals surface area contributed by atoms with Gasteiger partial charge in [0.15, 0.2) is 5.69 Å². The van der Waals surface area contributed by atoms with Crippen molar-refractivity contribution in [1.29, 1.82) is 0 Å². The van der Waals surface area contributed by atoms with Crippen molar-refractivity contribution in [1.82, 2.24) is 20.3 Å². The molecular formula is C22H20ClN5OS. The number of halogens is 1. The molecule has 0 atom stereocenters. The first-order valence-corrected chi connectivity index (χ1v) is 11.0. The summed E-state index contributed by atoms with van der Waals surface area (Å²) in [6.45, 7) is 4.24. The fraction of sp³-hybridized carbons (Fsp3) is 0.227. The lowest BCUT2D eigenvalue weighted by atomic mass is 10.0. The monoisotopic (exact) mass is 437 g/mol. The van der Waals surface area contributed by atoms with Crippen LogP contribution in [0.5, 0.6) is 0 Å². The largest absolute Gasteiger partial charge is 0.321 e. The van der Waals surface area contributed by atoms with Crippen molar-refractivity contribution in [3.8, 4) is 0 Å². The second kappa shape index (κ2) is 7.83. The lowest BCUT2D eigenvalue weighted by molar-refractivity contribution is 0.102. The van der Waals surface area contributed by atoms with Crippen LogP contribution in [0.2, 0.25) is 5.02 Å². The Hall–Kier alpha value is -2.74. The highest BCUT2D eigenvalue weighted by molar-refractivity contribution is 7.17. The Bertz CT molecular complexity index is 1260. The van der Waals surface area contributed by atoms with Crippen LogP contribution in [0.1, 0.15) is 32.9 Å². The highest BCUT2D eigenvalue weighted by Crippen LogP contribution is 2.29. The lowest BCUT2D eigenvalue weighted by Crippen LogP contribution is -2.23. The minimum atomic E-state index is -0.245. The standard InChI is InChI=1S/C22H20ClN5OS/c1-13-21(22(29)25-18-4-2-15-10-24-7-6-14(15)8-18)26-27-28(13)11-16-12-30-20-5-3-17(23)9-19(16)20/h2-5,8-9,12,24H,6-7,10-11H2,1H3,(H,25,29). The molecule has 2 aromatic heterocycles. The average molecular weight is 438 g/mol. The van der Waals surface area contributed by atoms with Crippen LogP contribution < -0.4 is 10.6 Å². The van der Waals surface area contributed by atoms with Crippen LogP contribution in [0.4, 0.5) is 5.69 Å². The summed E-state index contributed by atoms with van der Waals surface area (Å²) in [7, 11) is 0. The normalized spacial score (nSPS) is 13.4. The van der Waals surface area contributed by atoms with E-state index >= 15 is 0 Å². The number of anilines is 1. The fourth-order valence-corrected chi connectivity index (χ4v) is 4.91. The van der Waals surface area contributed by atoms with E-state index in [1.54, 1.807) is 16.0 Å². The number of aromatic nitrogens is 3. The number of benzene rings is 2. The van der Waals surface area contributed by atoms with E-state index in [1.165, 1.54) is 15.8 Å². The van der Waals surface area contributed by atoms with Crippen molar-refractivity contribution in [3.63, 3.8) is 0 Å². The number of rotatable bonds is 4. The van der Waals surface area contributed by atoms with E-state index in [4.69, 9.17) is 11.6 Å². The molecule has 2 aromatic carbocycles. The van der Waals surface area contributed by atoms with Crippen LogP contribution >= 0.6 is 22.9 Å². The maximum atomic E-state index is 12.8. The van der Waals surface area contributed by atoms with E-state index in [2.05, 4.69) is 38.5 Å². The molecule has 8 heteroatoms. The van der Waals surface area contributed by atoms with Crippen molar-refractivity contribution in [2.45, 2.75) is 26.4 Å². The summed E-state index contributed by atoms with van der Waals surface area (Å²) >= 11 is 7.83. The Morgan fingerprint density at radius 1 is 1.27 bits per heavy atom. The molecule has 4 aromatic rings. The number of hydrogen-bond donors (Lipinski definition) is 2. The van der Waals surface area contributed by atoms with Gasteiger partial charge in [-0.05, 0) is 77.7 Å². The highest BCUT2D eigenvalue weighted by Gasteiger charge is 2.18. The number of carbonyl (C=O) groups excluding carboxylic acids is 1. The van der Waals surface area contributed by atoms with Gasteiger partial charge in [-0.25, -0.2) is 4.68 Å². The van der Waals surface area contributed by atoms with Crippen LogP contribution in [0.15, 0.2) is 41.8 Å². The van der Waals surface area contributed by atoms with Gasteiger partial charge < -0.3 is 10.6 Å². The third-order valence-corrected chi connectivity index (χ3v) is 6.73. The minimum Gasteiger partial charge on any atom is -0.321 e. The quantitative estimate of drug-likeness (QED) is 0.496. The summed E-state index contributed by atoms with van der Waals surface area (Å²) in [5.74, 6) is -0.245. The van der Waals surface area contributed by atoms with Gasteiger partial charge in [-0.3, -0.25) is 4.79 Å². The van der Waals surface area contributed by atoms with E-state index in [0.717, 1.165) is 41.8 Å². The number of fused-ring (bicyclic) bond motifs is 2. The summed E-state index contributed by atoms with van der Waals surface area (Å²) < 4.78 is 2.93. The fourth-order valence-electron chi connectivity index (χ4n) is 3.80. The molecule has 0 fully saturated rings. The molecule has 152 valence electrons. The molecule has 0 bridgehead atoms. The minimum absolute atomic E-state index is 0.245. The predicted molar refractivity (Wildman–Crippen MR) is 121 cm³/mol. The van der Waals surface area contributed by atoms with Gasteiger partial charge in [-0.2, -0.15) is 0 Å². The first kappa shape index (κ1) is 19.2. The maximum absolute atomic E-state index is 12.8. The maximum Gasteiger partial charge on any atom is 0.278 e. The molecule has 6 nitrogen and oxygen atoms in total. The van der Waals surface area contributed by atoms with Gasteiger partial charge in [0.2, 0.25) is 0 Å². The summed E-state index contributed by atoms with van der Waals surface area (Å²) in [6.07, 6.45) is 0.965. The van der Waals surface area contributed by atoms with Gasteiger partial charge >= 0.3 is 0 Å². The molecule has 5 rings (SSSR count). The molecule has 3 heterocycles. The third kappa shape index (κ3) is 3.60. The van der Waals surface area contributed by atoms with Crippen molar-refractivity contribution in [2.75, 3.05) is 11.9 Å². The molecule has 0 saturated heterocycles. The number of hydrogen-bond acceptors (Lipinski definition) is 5. The van der Waals surface area contributed by atoms with E-state index in [0.29, 0.717) is 17.3 Å². The zero-order valence-electron chi connectivity index (χ0n) is 16.4. The first-order valence-electron chi connectivity index (χ1n) is 9.78. The Kier molecular flexibility index (Phi) is 5.02. The van der Waals surface area contributed by atoms with Crippen LogP contribution in [0.3, 0.4) is 0 Å². The third-order valence-electron chi connectivity index (χ3n) is 5.48. The van der Waals surface area contributed by atoms with Crippen molar-refractivity contribution < 1.29 is 4.79 Å². The van der Waals surface area contributed by atoms with Crippen LogP contribution in [-0.2, 0) is 19.5 Å². The number of thiophene rings is 1. The van der Waals surface area contributed by atoms with Gasteiger partial charge in [0, 0.05) is 22.0 Å². The van der Waals surface area contributed by atoms with Crippen molar-refractivity contribution >= 4 is 44.6 Å². The molecule has 1 amide bonds. The number of amides is 1. The first-order chi connectivity index (χ1) is 14.6. The van der Waals surface area contributed by atoms with Gasteiger partial charge in [-0.1, -0.05) is 22.9 Å². The molecular weight excluding hydrogens is 418 g/mol. The van der Waals surface area contributed by atoms with E-state index in [-0.39, 0.29) is 5.91 Å². The van der Waals surface area contributed by atoms with Crippen molar-refractivity contribution in [3.05, 3.63) is 74.9 Å². The molecule has 0 spiro atoms. The molecule has 1 aliphatic heterocycles. The van der Waals surface area contributed by atoms with Crippen LogP contribution in [0.25, 0.3) is 10.1 Å². The molecule has 2 N–H and O–H groups in total. The number of nitrogens with one attached hydrogen (secondary N) is 2. The second-order valence-electron chi connectivity index (χ2n) is 7.45. The Labute approximate surface area is 182 Å². The number of nitrogens with zero attached hydrogens (tertiary/aromatic N) is 3. The summed E-state index contributed by atoms with van der Waals surface area (Å²) in [5, 5.41) is 18.6. The SMILES string of the molecule is Cc1c(C(=O)Nc2ccc3c(c2)CCNC3)nnn1Cc1csc2ccc(Cl)cc12.